The minimum Gasteiger partial charge on any atom is -0.458 e. The monoisotopic (exact) mass is 402 g/mol. The summed E-state index contributed by atoms with van der Waals surface area (Å²) in [6.07, 6.45) is 12.9. The van der Waals surface area contributed by atoms with Gasteiger partial charge in [0.1, 0.15) is 12.4 Å². The zero-order chi connectivity index (χ0) is 21.4. The summed E-state index contributed by atoms with van der Waals surface area (Å²) in [6.45, 7) is 10.3. The molecular weight excluding hydrogens is 364 g/mol. The minimum absolute atomic E-state index is 0.0863. The molecule has 0 spiro atoms. The van der Waals surface area contributed by atoms with Crippen molar-refractivity contribution in [2.75, 3.05) is 0 Å². The highest BCUT2D eigenvalue weighted by molar-refractivity contribution is 5.99. The lowest BCUT2D eigenvalue weighted by atomic mass is 9.57. The fraction of sp³-hybridized carbons (Fsp3) is 0.720. The van der Waals surface area contributed by atoms with Crippen molar-refractivity contribution < 1.29 is 19.1 Å². The van der Waals surface area contributed by atoms with Crippen molar-refractivity contribution in [2.24, 2.45) is 17.3 Å². The molecule has 4 nitrogen and oxygen atoms in total. The van der Waals surface area contributed by atoms with E-state index in [-0.39, 0.29) is 23.3 Å². The Labute approximate surface area is 176 Å². The molecular formula is C25H38O4. The Balaban J connectivity index is 1.94. The quantitative estimate of drug-likeness (QED) is 0.191. The van der Waals surface area contributed by atoms with E-state index in [1.165, 1.54) is 32.1 Å². The zero-order valence-electron chi connectivity index (χ0n) is 18.5. The van der Waals surface area contributed by atoms with Gasteiger partial charge in [-0.3, -0.25) is 14.4 Å². The molecule has 4 heteroatoms. The van der Waals surface area contributed by atoms with E-state index in [4.69, 9.17) is 4.74 Å². The first-order valence-electron chi connectivity index (χ1n) is 11.4. The van der Waals surface area contributed by atoms with E-state index in [9.17, 15) is 14.4 Å². The summed E-state index contributed by atoms with van der Waals surface area (Å²) in [5.74, 6) is -0.335. The summed E-state index contributed by atoms with van der Waals surface area (Å²) in [7, 11) is 0. The fourth-order valence-corrected chi connectivity index (χ4v) is 4.85. The van der Waals surface area contributed by atoms with E-state index in [0.717, 1.165) is 31.3 Å². The third kappa shape index (κ3) is 5.90. The number of ether oxygens (including phenoxy) is 1. The normalized spacial score (nSPS) is 29.0. The first-order chi connectivity index (χ1) is 13.8. The van der Waals surface area contributed by atoms with Crippen LogP contribution in [0.15, 0.2) is 23.8 Å². The molecule has 2 aliphatic carbocycles. The number of carbonyl (C=O) groups is 3. The smallest absolute Gasteiger partial charge is 0.306 e. The van der Waals surface area contributed by atoms with Gasteiger partial charge >= 0.3 is 5.97 Å². The van der Waals surface area contributed by atoms with Gasteiger partial charge in [-0.15, -0.1) is 0 Å². The highest BCUT2D eigenvalue weighted by Crippen LogP contribution is 2.53. The maximum atomic E-state index is 12.6. The SMILES string of the molecule is C=C(C=O)[C@@H]1C[C@@]2(C)C(=CC1=O)[C@H](OC(=O)CCCCCCCCC)CC[C@@H]2C. The molecule has 0 aromatic heterocycles. The van der Waals surface area contributed by atoms with E-state index in [0.29, 0.717) is 30.6 Å². The number of aldehydes is 1. The maximum Gasteiger partial charge on any atom is 0.306 e. The van der Waals surface area contributed by atoms with Crippen LogP contribution < -0.4 is 0 Å². The number of hydrogen-bond donors (Lipinski definition) is 0. The number of allylic oxidation sites excluding steroid dienone is 2. The molecule has 2 rings (SSSR count). The highest BCUT2D eigenvalue weighted by atomic mass is 16.5. The average Bonchev–Trinajstić information content (AvgIpc) is 2.70. The standard InChI is InChI=1S/C25H38O4/c1-5-6-7-8-9-10-11-12-24(28)29-23-14-13-19(3)25(4)16-20(18(2)17-26)22(27)15-21(23)25/h15,17,19-20,23H,2,5-14,16H2,1,3-4H3/t19-,20-,23+,25+/m0/s1. The number of hydrogen-bond acceptors (Lipinski definition) is 4. The third-order valence-corrected chi connectivity index (χ3v) is 7.08. The molecule has 29 heavy (non-hydrogen) atoms. The van der Waals surface area contributed by atoms with Crippen LogP contribution in [0.1, 0.15) is 91.4 Å². The summed E-state index contributed by atoms with van der Waals surface area (Å²) in [4.78, 5) is 36.2. The van der Waals surface area contributed by atoms with E-state index in [1.807, 2.05) is 0 Å². The Morgan fingerprint density at radius 3 is 2.52 bits per heavy atom. The average molecular weight is 403 g/mol. The molecule has 0 aromatic carbocycles. The lowest BCUT2D eigenvalue weighted by Gasteiger charge is -2.49. The van der Waals surface area contributed by atoms with E-state index in [1.54, 1.807) is 6.08 Å². The molecule has 1 fully saturated rings. The molecule has 0 heterocycles. The van der Waals surface area contributed by atoms with Gasteiger partial charge in [0.15, 0.2) is 5.78 Å². The van der Waals surface area contributed by atoms with Crippen LogP contribution in [0.3, 0.4) is 0 Å². The molecule has 0 N–H and O–H groups in total. The van der Waals surface area contributed by atoms with Crippen LogP contribution in [0.2, 0.25) is 0 Å². The van der Waals surface area contributed by atoms with Crippen LogP contribution >= 0.6 is 0 Å². The number of carbonyl (C=O) groups excluding carboxylic acids is 3. The van der Waals surface area contributed by atoms with Gasteiger partial charge in [0, 0.05) is 6.42 Å². The Morgan fingerprint density at radius 2 is 1.86 bits per heavy atom. The van der Waals surface area contributed by atoms with Crippen molar-refractivity contribution in [1.29, 1.82) is 0 Å². The van der Waals surface area contributed by atoms with Crippen molar-refractivity contribution >= 4 is 18.0 Å². The van der Waals surface area contributed by atoms with Crippen molar-refractivity contribution in [2.45, 2.75) is 97.5 Å². The van der Waals surface area contributed by atoms with Crippen molar-refractivity contribution in [3.8, 4) is 0 Å². The molecule has 0 aromatic rings. The molecule has 1 saturated carbocycles. The third-order valence-electron chi connectivity index (χ3n) is 7.08. The second kappa shape index (κ2) is 10.9. The van der Waals surface area contributed by atoms with Gasteiger partial charge in [0.2, 0.25) is 0 Å². The number of rotatable bonds is 11. The molecule has 0 amide bonds. The van der Waals surface area contributed by atoms with Crippen molar-refractivity contribution in [3.05, 3.63) is 23.8 Å². The second-order valence-electron chi connectivity index (χ2n) is 9.20. The van der Waals surface area contributed by atoms with Gasteiger partial charge in [0.25, 0.3) is 0 Å². The van der Waals surface area contributed by atoms with Crippen LogP contribution in [0, 0.1) is 17.3 Å². The maximum absolute atomic E-state index is 12.6. The summed E-state index contributed by atoms with van der Waals surface area (Å²) < 4.78 is 5.84. The molecule has 0 bridgehead atoms. The van der Waals surface area contributed by atoms with Crippen molar-refractivity contribution in [1.82, 2.24) is 0 Å². The largest absolute Gasteiger partial charge is 0.458 e. The Kier molecular flexibility index (Phi) is 8.85. The van der Waals surface area contributed by atoms with Gasteiger partial charge in [-0.25, -0.2) is 0 Å². The topological polar surface area (TPSA) is 60.4 Å². The van der Waals surface area contributed by atoms with Crippen molar-refractivity contribution in [3.63, 3.8) is 0 Å². The summed E-state index contributed by atoms with van der Waals surface area (Å²) >= 11 is 0. The van der Waals surface area contributed by atoms with Crippen LogP contribution in [-0.4, -0.2) is 24.1 Å². The molecule has 0 radical (unpaired) electrons. The van der Waals surface area contributed by atoms with Crippen LogP contribution in [0.5, 0.6) is 0 Å². The Hall–Kier alpha value is -1.71. The highest BCUT2D eigenvalue weighted by Gasteiger charge is 2.49. The van der Waals surface area contributed by atoms with Gasteiger partial charge in [-0.05, 0) is 54.2 Å². The van der Waals surface area contributed by atoms with Gasteiger partial charge in [-0.2, -0.15) is 0 Å². The predicted octanol–water partition coefficient (Wildman–Crippen LogP) is 5.75. The number of esters is 1. The van der Waals surface area contributed by atoms with Gasteiger partial charge < -0.3 is 4.74 Å². The number of unbranched alkanes of at least 4 members (excludes halogenated alkanes) is 6. The zero-order valence-corrected chi connectivity index (χ0v) is 18.5. The lowest BCUT2D eigenvalue weighted by Crippen LogP contribution is -2.45. The van der Waals surface area contributed by atoms with E-state index < -0.39 is 5.92 Å². The Morgan fingerprint density at radius 1 is 1.21 bits per heavy atom. The summed E-state index contributed by atoms with van der Waals surface area (Å²) in [5, 5.41) is 0. The first-order valence-corrected chi connectivity index (χ1v) is 11.4. The van der Waals surface area contributed by atoms with E-state index in [2.05, 4.69) is 27.4 Å². The predicted molar refractivity (Wildman–Crippen MR) is 115 cm³/mol. The van der Waals surface area contributed by atoms with Gasteiger partial charge in [-0.1, -0.05) is 65.9 Å². The van der Waals surface area contributed by atoms with Crippen LogP contribution in [0.25, 0.3) is 0 Å². The lowest BCUT2D eigenvalue weighted by molar-refractivity contribution is -0.150. The molecule has 0 aliphatic heterocycles. The number of fused-ring (bicyclic) bond motifs is 1. The molecule has 2 aliphatic rings. The van der Waals surface area contributed by atoms with Crippen LogP contribution in [0.4, 0.5) is 0 Å². The molecule has 4 atom stereocenters. The molecule has 0 saturated heterocycles. The van der Waals surface area contributed by atoms with Crippen LogP contribution in [-0.2, 0) is 19.1 Å². The molecule has 162 valence electrons. The summed E-state index contributed by atoms with van der Waals surface area (Å²) in [5.41, 5.74) is 1.04. The molecule has 0 unspecified atom stereocenters. The second-order valence-corrected chi connectivity index (χ2v) is 9.20. The first kappa shape index (κ1) is 23.6. The minimum atomic E-state index is -0.453. The number of ketones is 1. The Bertz CT molecular complexity index is 647. The van der Waals surface area contributed by atoms with Gasteiger partial charge in [0.05, 0.1) is 5.92 Å². The fourth-order valence-electron chi connectivity index (χ4n) is 4.85. The van der Waals surface area contributed by atoms with E-state index >= 15 is 0 Å². The summed E-state index contributed by atoms with van der Waals surface area (Å²) in [6, 6.07) is 0.